The van der Waals surface area contributed by atoms with E-state index in [0.717, 1.165) is 12.1 Å². The van der Waals surface area contributed by atoms with E-state index in [1.807, 2.05) is 0 Å². The Bertz CT molecular complexity index is 1220. The number of phenolic OH excluding ortho intramolecular Hbond substituents is 1. The molecule has 14 heteroatoms. The monoisotopic (exact) mass is 491 g/mol. The molecule has 0 aromatic heterocycles. The lowest BCUT2D eigenvalue weighted by Gasteiger charge is -2.24. The van der Waals surface area contributed by atoms with Crippen LogP contribution in [0.15, 0.2) is 52.3 Å². The largest absolute Gasteiger partial charge is 0.506 e. The lowest BCUT2D eigenvalue weighted by molar-refractivity contribution is -0.121. The van der Waals surface area contributed by atoms with Crippen molar-refractivity contribution in [1.29, 1.82) is 0 Å². The predicted octanol–water partition coefficient (Wildman–Crippen LogP) is 0.0837. The van der Waals surface area contributed by atoms with Crippen molar-refractivity contribution in [1.82, 2.24) is 4.72 Å². The molecule has 0 aliphatic rings. The standard InChI is InChI=1S/C17H18ClN3O8S2/c18-9-6-12(16(23)13(7-9)31(27,28)29)11(8-14(19)22)15(20)17(24)21-30(25,26)10-4-2-1-3-5-10/h1-7,11,15,23H,8,20H2,(H2,19,22)(H,21,24)(H,27,28,29)/t11?,15-/m0/s1. The van der Waals surface area contributed by atoms with Gasteiger partial charge in [-0.15, -0.1) is 0 Å². The summed E-state index contributed by atoms with van der Waals surface area (Å²) in [5.41, 5.74) is 10.6. The van der Waals surface area contributed by atoms with E-state index >= 15 is 0 Å². The number of nitrogens with one attached hydrogen (secondary N) is 1. The first-order valence-electron chi connectivity index (χ1n) is 8.39. The minimum atomic E-state index is -4.94. The average Bonchev–Trinajstić information content (AvgIpc) is 2.66. The molecule has 168 valence electrons. The number of hydrogen-bond donors (Lipinski definition) is 5. The van der Waals surface area contributed by atoms with Gasteiger partial charge >= 0.3 is 0 Å². The zero-order chi connectivity index (χ0) is 23.6. The number of benzene rings is 2. The Morgan fingerprint density at radius 1 is 1.10 bits per heavy atom. The van der Waals surface area contributed by atoms with Crippen molar-refractivity contribution >= 4 is 43.6 Å². The van der Waals surface area contributed by atoms with Gasteiger partial charge in [-0.3, -0.25) is 14.1 Å². The van der Waals surface area contributed by atoms with Crippen LogP contribution in [-0.4, -0.2) is 44.4 Å². The molecular weight excluding hydrogens is 474 g/mol. The molecule has 0 heterocycles. The van der Waals surface area contributed by atoms with Gasteiger partial charge in [0, 0.05) is 22.9 Å². The summed E-state index contributed by atoms with van der Waals surface area (Å²) in [5, 5.41) is 10.0. The summed E-state index contributed by atoms with van der Waals surface area (Å²) in [6.07, 6.45) is -0.682. The third kappa shape index (κ3) is 5.92. The van der Waals surface area contributed by atoms with Gasteiger partial charge < -0.3 is 16.6 Å². The van der Waals surface area contributed by atoms with Crippen LogP contribution in [0.5, 0.6) is 5.75 Å². The second-order valence-corrected chi connectivity index (χ2v) is 9.91. The molecule has 2 rings (SSSR count). The van der Waals surface area contributed by atoms with Crippen LogP contribution in [0.4, 0.5) is 0 Å². The number of phenols is 1. The molecule has 0 bridgehead atoms. The Morgan fingerprint density at radius 2 is 1.68 bits per heavy atom. The van der Waals surface area contributed by atoms with Crippen molar-refractivity contribution < 1.29 is 36.1 Å². The molecule has 2 aromatic rings. The number of nitrogens with two attached hydrogens (primary N) is 2. The molecule has 0 radical (unpaired) electrons. The zero-order valence-corrected chi connectivity index (χ0v) is 18.0. The summed E-state index contributed by atoms with van der Waals surface area (Å²) >= 11 is 5.84. The fourth-order valence-corrected chi connectivity index (χ4v) is 4.73. The van der Waals surface area contributed by atoms with Crippen LogP contribution < -0.4 is 16.2 Å². The average molecular weight is 492 g/mol. The van der Waals surface area contributed by atoms with Crippen LogP contribution in [0, 0.1) is 0 Å². The number of hydrogen-bond acceptors (Lipinski definition) is 8. The van der Waals surface area contributed by atoms with Gasteiger partial charge in [-0.05, 0) is 24.3 Å². The van der Waals surface area contributed by atoms with E-state index in [2.05, 4.69) is 0 Å². The van der Waals surface area contributed by atoms with Crippen LogP contribution >= 0.6 is 11.6 Å². The topological polar surface area (TPSA) is 207 Å². The third-order valence-corrected chi connectivity index (χ3v) is 6.64. The summed E-state index contributed by atoms with van der Waals surface area (Å²) < 4.78 is 58.8. The van der Waals surface area contributed by atoms with Crippen LogP contribution in [-0.2, 0) is 29.7 Å². The maximum absolute atomic E-state index is 12.6. The highest BCUT2D eigenvalue weighted by Crippen LogP contribution is 2.37. The summed E-state index contributed by atoms with van der Waals surface area (Å²) in [4.78, 5) is 22.9. The van der Waals surface area contributed by atoms with Crippen LogP contribution in [0.3, 0.4) is 0 Å². The Balaban J connectivity index is 2.49. The van der Waals surface area contributed by atoms with E-state index in [-0.39, 0.29) is 9.92 Å². The first-order valence-corrected chi connectivity index (χ1v) is 11.7. The molecule has 0 aliphatic carbocycles. The molecule has 2 atom stereocenters. The van der Waals surface area contributed by atoms with E-state index in [9.17, 15) is 36.1 Å². The number of carbonyl (C=O) groups excluding carboxylic acids is 2. The first kappa shape index (κ1) is 24.6. The molecule has 31 heavy (non-hydrogen) atoms. The number of primary amides is 1. The van der Waals surface area contributed by atoms with E-state index < -0.39 is 66.5 Å². The summed E-state index contributed by atoms with van der Waals surface area (Å²) in [5.74, 6) is -4.76. The molecule has 0 fully saturated rings. The van der Waals surface area contributed by atoms with Gasteiger partial charge in [0.1, 0.15) is 10.6 Å². The second-order valence-electron chi connectivity index (χ2n) is 6.40. The van der Waals surface area contributed by atoms with Gasteiger partial charge in [-0.2, -0.15) is 8.42 Å². The van der Waals surface area contributed by atoms with Crippen molar-refractivity contribution in [3.63, 3.8) is 0 Å². The van der Waals surface area contributed by atoms with Crippen LogP contribution in [0.25, 0.3) is 0 Å². The number of aromatic hydroxyl groups is 1. The van der Waals surface area contributed by atoms with E-state index in [4.69, 9.17) is 23.1 Å². The molecule has 7 N–H and O–H groups in total. The Hall–Kier alpha value is -2.71. The molecule has 11 nitrogen and oxygen atoms in total. The second kappa shape index (κ2) is 9.20. The summed E-state index contributed by atoms with van der Waals surface area (Å²) in [6.45, 7) is 0. The van der Waals surface area contributed by atoms with Gasteiger partial charge in [-0.25, -0.2) is 13.1 Å². The quantitative estimate of drug-likeness (QED) is 0.316. The van der Waals surface area contributed by atoms with E-state index in [1.165, 1.54) is 24.3 Å². The minimum Gasteiger partial charge on any atom is -0.506 e. The fourth-order valence-electron chi connectivity index (χ4n) is 2.76. The maximum Gasteiger partial charge on any atom is 0.298 e. The lowest BCUT2D eigenvalue weighted by atomic mass is 9.87. The van der Waals surface area contributed by atoms with Crippen molar-refractivity contribution in [2.75, 3.05) is 0 Å². The summed E-state index contributed by atoms with van der Waals surface area (Å²) in [7, 11) is -9.26. The fraction of sp³-hybridized carbons (Fsp3) is 0.176. The molecule has 2 amide bonds. The predicted molar refractivity (Wildman–Crippen MR) is 109 cm³/mol. The number of amides is 2. The SMILES string of the molecule is NC(=O)CC(c1cc(Cl)cc(S(=O)(=O)O)c1O)[C@H](N)C(=O)NS(=O)(=O)c1ccccc1. The summed E-state index contributed by atoms with van der Waals surface area (Å²) in [6, 6.07) is 6.83. The third-order valence-electron chi connectivity index (χ3n) is 4.19. The van der Waals surface area contributed by atoms with Crippen molar-refractivity contribution in [2.45, 2.75) is 28.2 Å². The lowest BCUT2D eigenvalue weighted by Crippen LogP contribution is -2.47. The number of halogens is 1. The highest BCUT2D eigenvalue weighted by molar-refractivity contribution is 7.90. The Labute approximate surface area is 182 Å². The number of sulfonamides is 1. The van der Waals surface area contributed by atoms with E-state index in [1.54, 1.807) is 10.8 Å². The van der Waals surface area contributed by atoms with Crippen LogP contribution in [0.2, 0.25) is 5.02 Å². The van der Waals surface area contributed by atoms with Crippen LogP contribution in [0.1, 0.15) is 17.9 Å². The van der Waals surface area contributed by atoms with Gasteiger partial charge in [0.2, 0.25) is 5.91 Å². The molecule has 0 saturated carbocycles. The maximum atomic E-state index is 12.6. The molecule has 1 unspecified atom stereocenters. The molecule has 0 aliphatic heterocycles. The minimum absolute atomic E-state index is 0.235. The van der Waals surface area contributed by atoms with Gasteiger partial charge in [0.25, 0.3) is 26.0 Å². The molecule has 2 aromatic carbocycles. The molecular formula is C17H18ClN3O8S2. The Morgan fingerprint density at radius 3 is 2.19 bits per heavy atom. The van der Waals surface area contributed by atoms with Crippen molar-refractivity contribution in [3.8, 4) is 5.75 Å². The zero-order valence-electron chi connectivity index (χ0n) is 15.6. The molecule has 0 spiro atoms. The van der Waals surface area contributed by atoms with Crippen molar-refractivity contribution in [2.24, 2.45) is 11.5 Å². The smallest absolute Gasteiger partial charge is 0.298 e. The first-order chi connectivity index (χ1) is 14.2. The van der Waals surface area contributed by atoms with Gasteiger partial charge in [-0.1, -0.05) is 29.8 Å². The normalized spacial score (nSPS) is 13.9. The van der Waals surface area contributed by atoms with Gasteiger partial charge in [0.05, 0.1) is 10.9 Å². The van der Waals surface area contributed by atoms with E-state index in [0.29, 0.717) is 0 Å². The highest BCUT2D eigenvalue weighted by atomic mass is 35.5. The number of carbonyl (C=O) groups is 2. The van der Waals surface area contributed by atoms with Gasteiger partial charge in [0.15, 0.2) is 0 Å². The highest BCUT2D eigenvalue weighted by Gasteiger charge is 2.34. The Kier molecular flexibility index (Phi) is 7.28. The van der Waals surface area contributed by atoms with Crippen molar-refractivity contribution in [3.05, 3.63) is 53.1 Å². The number of rotatable bonds is 8. The molecule has 0 saturated heterocycles.